The van der Waals surface area contributed by atoms with Crippen molar-refractivity contribution in [2.45, 2.75) is 6.54 Å². The van der Waals surface area contributed by atoms with E-state index in [1.54, 1.807) is 0 Å². The average molecular weight is 210 g/mol. The molecule has 0 unspecified atom stereocenters. The van der Waals surface area contributed by atoms with Gasteiger partial charge in [0.05, 0.1) is 6.54 Å². The van der Waals surface area contributed by atoms with Crippen LogP contribution in [0.5, 0.6) is 0 Å². The van der Waals surface area contributed by atoms with Crippen molar-refractivity contribution >= 4 is 11.6 Å². The van der Waals surface area contributed by atoms with Crippen LogP contribution < -0.4 is 5.43 Å². The van der Waals surface area contributed by atoms with E-state index in [9.17, 15) is 0 Å². The van der Waals surface area contributed by atoms with E-state index in [0.29, 0.717) is 6.54 Å². The van der Waals surface area contributed by atoms with Crippen LogP contribution in [0, 0.1) is 0 Å². The third-order valence-corrected chi connectivity index (χ3v) is 1.94. The molecule has 0 saturated heterocycles. The van der Waals surface area contributed by atoms with Crippen LogP contribution in [0.25, 0.3) is 0 Å². The van der Waals surface area contributed by atoms with Crippen LogP contribution in [0.1, 0.15) is 5.56 Å². The second-order valence-corrected chi connectivity index (χ2v) is 3.02. The number of nitrogens with zero attached hydrogens (tertiary/aromatic N) is 4. The number of hydrogen-bond acceptors (Lipinski definition) is 4. The highest BCUT2D eigenvalue weighted by Crippen LogP contribution is 2.00. The van der Waals surface area contributed by atoms with Gasteiger partial charge in [0.15, 0.2) is 0 Å². The first-order valence-electron chi connectivity index (χ1n) is 4.08. The molecule has 6 heteroatoms. The Morgan fingerprint density at radius 1 is 1.29 bits per heavy atom. The zero-order valence-corrected chi connectivity index (χ0v) is 8.02. The Labute approximate surface area is 85.7 Å². The van der Waals surface area contributed by atoms with Crippen LogP contribution >= 0.6 is 11.6 Å². The van der Waals surface area contributed by atoms with E-state index in [1.165, 1.54) is 4.79 Å². The predicted molar refractivity (Wildman–Crippen MR) is 52.3 cm³/mol. The van der Waals surface area contributed by atoms with Crippen molar-refractivity contribution < 1.29 is 0 Å². The second-order valence-electron chi connectivity index (χ2n) is 2.68. The second kappa shape index (κ2) is 4.06. The molecule has 0 saturated carbocycles. The van der Waals surface area contributed by atoms with Gasteiger partial charge in [0.25, 0.3) is 5.28 Å². The molecule has 0 atom stereocenters. The van der Waals surface area contributed by atoms with Crippen LogP contribution in [0.15, 0.2) is 30.3 Å². The van der Waals surface area contributed by atoms with Crippen molar-refractivity contribution in [2.24, 2.45) is 0 Å². The minimum absolute atomic E-state index is 0.223. The average Bonchev–Trinajstić information content (AvgIpc) is 2.63. The maximum Gasteiger partial charge on any atom is 0.263 e. The highest BCUT2D eigenvalue weighted by atomic mass is 35.5. The van der Waals surface area contributed by atoms with Gasteiger partial charge < -0.3 is 5.43 Å². The SMILES string of the molecule is Clc1nnnn1NCc1ccccc1. The minimum Gasteiger partial charge on any atom is -0.301 e. The first-order chi connectivity index (χ1) is 6.86. The number of rotatable bonds is 3. The molecule has 0 radical (unpaired) electrons. The Morgan fingerprint density at radius 2 is 2.07 bits per heavy atom. The fourth-order valence-corrected chi connectivity index (χ4v) is 1.16. The summed E-state index contributed by atoms with van der Waals surface area (Å²) in [5.41, 5.74) is 4.10. The van der Waals surface area contributed by atoms with Crippen molar-refractivity contribution in [2.75, 3.05) is 5.43 Å². The fourth-order valence-electron chi connectivity index (χ4n) is 1.04. The topological polar surface area (TPSA) is 55.6 Å². The van der Waals surface area contributed by atoms with Crippen molar-refractivity contribution in [1.82, 2.24) is 20.3 Å². The van der Waals surface area contributed by atoms with Gasteiger partial charge in [0, 0.05) is 0 Å². The third kappa shape index (κ3) is 2.00. The molecule has 14 heavy (non-hydrogen) atoms. The largest absolute Gasteiger partial charge is 0.301 e. The van der Waals surface area contributed by atoms with E-state index < -0.39 is 0 Å². The quantitative estimate of drug-likeness (QED) is 0.822. The van der Waals surface area contributed by atoms with Crippen LogP contribution in [-0.4, -0.2) is 20.3 Å². The maximum absolute atomic E-state index is 5.67. The molecule has 5 nitrogen and oxygen atoms in total. The Bertz CT molecular complexity index is 399. The van der Waals surface area contributed by atoms with Gasteiger partial charge in [-0.15, -0.1) is 4.79 Å². The van der Waals surface area contributed by atoms with E-state index >= 15 is 0 Å². The fraction of sp³-hybridized carbons (Fsp3) is 0.125. The van der Waals surface area contributed by atoms with Gasteiger partial charge in [-0.1, -0.05) is 35.4 Å². The summed E-state index contributed by atoms with van der Waals surface area (Å²) < 4.78 is 0. The molecule has 1 aromatic carbocycles. The molecule has 72 valence electrons. The summed E-state index contributed by atoms with van der Waals surface area (Å²) in [6.45, 7) is 0.631. The van der Waals surface area contributed by atoms with E-state index in [2.05, 4.69) is 21.0 Å². The van der Waals surface area contributed by atoms with Gasteiger partial charge in [-0.2, -0.15) is 0 Å². The lowest BCUT2D eigenvalue weighted by Crippen LogP contribution is -2.16. The van der Waals surface area contributed by atoms with Gasteiger partial charge in [-0.05, 0) is 27.6 Å². The number of nitrogens with one attached hydrogen (secondary N) is 1. The van der Waals surface area contributed by atoms with Crippen LogP contribution in [0.3, 0.4) is 0 Å². The molecule has 2 aromatic rings. The standard InChI is InChI=1S/C8H8ClN5/c9-8-11-12-13-14(8)10-6-7-4-2-1-3-5-7/h1-5,10H,6H2. The van der Waals surface area contributed by atoms with E-state index in [-0.39, 0.29) is 5.28 Å². The molecular weight excluding hydrogens is 202 g/mol. The third-order valence-electron chi connectivity index (χ3n) is 1.71. The summed E-state index contributed by atoms with van der Waals surface area (Å²) in [6.07, 6.45) is 0. The highest BCUT2D eigenvalue weighted by molar-refractivity contribution is 6.28. The Balaban J connectivity index is 1.99. The molecular formula is C8H8ClN5. The van der Waals surface area contributed by atoms with Crippen LogP contribution in [-0.2, 0) is 6.54 Å². The molecule has 2 rings (SSSR count). The number of benzene rings is 1. The maximum atomic E-state index is 5.67. The molecule has 0 aliphatic rings. The zero-order chi connectivity index (χ0) is 9.80. The van der Waals surface area contributed by atoms with Crippen molar-refractivity contribution in [3.8, 4) is 0 Å². The zero-order valence-electron chi connectivity index (χ0n) is 7.26. The lowest BCUT2D eigenvalue weighted by atomic mass is 10.2. The molecule has 0 amide bonds. The summed E-state index contributed by atoms with van der Waals surface area (Å²) in [5.74, 6) is 0. The highest BCUT2D eigenvalue weighted by Gasteiger charge is 1.99. The Hall–Kier alpha value is -1.62. The summed E-state index contributed by atoms with van der Waals surface area (Å²) in [7, 11) is 0. The number of halogens is 1. The number of tetrazole rings is 1. The molecule has 1 aromatic heterocycles. The van der Waals surface area contributed by atoms with Gasteiger partial charge in [0.2, 0.25) is 0 Å². The molecule has 0 aliphatic carbocycles. The van der Waals surface area contributed by atoms with Gasteiger partial charge in [0.1, 0.15) is 0 Å². The smallest absolute Gasteiger partial charge is 0.263 e. The van der Waals surface area contributed by atoms with E-state index in [1.807, 2.05) is 30.3 Å². The van der Waals surface area contributed by atoms with Crippen LogP contribution in [0.4, 0.5) is 0 Å². The summed E-state index contributed by atoms with van der Waals surface area (Å²) in [5, 5.41) is 10.8. The molecule has 0 bridgehead atoms. The molecule has 0 spiro atoms. The lowest BCUT2D eigenvalue weighted by Gasteiger charge is -2.04. The molecule has 1 heterocycles. The monoisotopic (exact) mass is 209 g/mol. The normalized spacial score (nSPS) is 10.1. The van der Waals surface area contributed by atoms with E-state index in [4.69, 9.17) is 11.6 Å². The minimum atomic E-state index is 0.223. The summed E-state index contributed by atoms with van der Waals surface area (Å²) in [6, 6.07) is 9.92. The molecule has 0 fully saturated rings. The summed E-state index contributed by atoms with van der Waals surface area (Å²) >= 11 is 5.67. The van der Waals surface area contributed by atoms with Crippen molar-refractivity contribution in [3.05, 3.63) is 41.2 Å². The number of hydrogen-bond donors (Lipinski definition) is 1. The van der Waals surface area contributed by atoms with Gasteiger partial charge >= 0.3 is 0 Å². The Morgan fingerprint density at radius 3 is 2.71 bits per heavy atom. The summed E-state index contributed by atoms with van der Waals surface area (Å²) in [4.78, 5) is 1.33. The van der Waals surface area contributed by atoms with Gasteiger partial charge in [-0.3, -0.25) is 0 Å². The number of aromatic nitrogens is 4. The molecule has 1 N–H and O–H groups in total. The van der Waals surface area contributed by atoms with Crippen molar-refractivity contribution in [3.63, 3.8) is 0 Å². The van der Waals surface area contributed by atoms with Crippen molar-refractivity contribution in [1.29, 1.82) is 0 Å². The van der Waals surface area contributed by atoms with Crippen LogP contribution in [0.2, 0.25) is 5.28 Å². The Kier molecular flexibility index (Phi) is 2.60. The molecule has 0 aliphatic heterocycles. The lowest BCUT2D eigenvalue weighted by molar-refractivity contribution is 0.688. The van der Waals surface area contributed by atoms with E-state index in [0.717, 1.165) is 5.56 Å². The van der Waals surface area contributed by atoms with Gasteiger partial charge in [-0.25, -0.2) is 0 Å². The first-order valence-corrected chi connectivity index (χ1v) is 4.46. The first kappa shape index (κ1) is 8.96. The predicted octanol–water partition coefficient (Wildman–Crippen LogP) is 1.07.